The summed E-state index contributed by atoms with van der Waals surface area (Å²) in [5.74, 6) is 1.58. The van der Waals surface area contributed by atoms with E-state index in [0.29, 0.717) is 13.1 Å². The molecule has 1 rings (SSSR count). The molecule has 8 heteroatoms. The molecule has 1 amide bonds. The van der Waals surface area contributed by atoms with Gasteiger partial charge in [0.2, 0.25) is 0 Å². The number of rotatable bonds is 7. The SMILES string of the molecule is CCNC(=NCCN1CCCC(C)C1)NCCNC(=O)OC(C)(C)C.I. The third-order valence-corrected chi connectivity index (χ3v) is 3.86. The molecule has 0 spiro atoms. The normalized spacial score (nSPS) is 18.7. The van der Waals surface area contributed by atoms with Crippen molar-refractivity contribution in [1.29, 1.82) is 0 Å². The Labute approximate surface area is 176 Å². The van der Waals surface area contributed by atoms with E-state index in [4.69, 9.17) is 4.74 Å². The highest BCUT2D eigenvalue weighted by Crippen LogP contribution is 2.14. The lowest BCUT2D eigenvalue weighted by Gasteiger charge is -2.30. The Morgan fingerprint density at radius 3 is 2.54 bits per heavy atom. The molecule has 0 aromatic rings. The molecule has 1 atom stereocenters. The minimum absolute atomic E-state index is 0. The van der Waals surface area contributed by atoms with Gasteiger partial charge in [0, 0.05) is 32.7 Å². The number of carbonyl (C=O) groups excluding carboxylic acids is 1. The third kappa shape index (κ3) is 12.6. The Bertz CT molecular complexity index is 426. The molecule has 7 nitrogen and oxygen atoms in total. The molecular weight excluding hydrogens is 445 g/mol. The van der Waals surface area contributed by atoms with Gasteiger partial charge in [0.1, 0.15) is 5.60 Å². The summed E-state index contributed by atoms with van der Waals surface area (Å²) in [7, 11) is 0. The van der Waals surface area contributed by atoms with Crippen LogP contribution in [0.2, 0.25) is 0 Å². The molecule has 0 aliphatic carbocycles. The van der Waals surface area contributed by atoms with Crippen molar-refractivity contribution >= 4 is 36.0 Å². The van der Waals surface area contributed by atoms with E-state index in [9.17, 15) is 4.79 Å². The predicted molar refractivity (Wildman–Crippen MR) is 118 cm³/mol. The number of hydrogen-bond acceptors (Lipinski definition) is 4. The summed E-state index contributed by atoms with van der Waals surface area (Å²) in [4.78, 5) is 18.7. The fourth-order valence-corrected chi connectivity index (χ4v) is 2.79. The summed E-state index contributed by atoms with van der Waals surface area (Å²) in [6, 6.07) is 0. The lowest BCUT2D eigenvalue weighted by atomic mass is 10.0. The average Bonchev–Trinajstić information content (AvgIpc) is 2.50. The van der Waals surface area contributed by atoms with Gasteiger partial charge < -0.3 is 25.6 Å². The third-order valence-electron chi connectivity index (χ3n) is 3.86. The predicted octanol–water partition coefficient (Wildman–Crippen LogP) is 2.42. The number of carbonyl (C=O) groups is 1. The number of amides is 1. The summed E-state index contributed by atoms with van der Waals surface area (Å²) in [6.07, 6.45) is 2.24. The molecule has 0 aromatic heterocycles. The van der Waals surface area contributed by atoms with Crippen molar-refractivity contribution in [3.63, 3.8) is 0 Å². The van der Waals surface area contributed by atoms with Crippen molar-refractivity contribution in [1.82, 2.24) is 20.9 Å². The molecule has 1 aliphatic rings. The molecular formula is C18H38IN5O2. The first-order valence-corrected chi connectivity index (χ1v) is 9.51. The molecule has 1 unspecified atom stereocenters. The topological polar surface area (TPSA) is 78.0 Å². The number of nitrogens with one attached hydrogen (secondary N) is 3. The fourth-order valence-electron chi connectivity index (χ4n) is 2.79. The van der Waals surface area contributed by atoms with Gasteiger partial charge in [0.05, 0.1) is 6.54 Å². The standard InChI is InChI=1S/C18H37N5O2.HI/c1-6-19-16(20-9-10-22-17(24)25-18(3,4)5)21-11-13-23-12-7-8-15(2)14-23;/h15H,6-14H2,1-5H3,(H,22,24)(H2,19,20,21);1H. The van der Waals surface area contributed by atoms with Crippen LogP contribution in [0.1, 0.15) is 47.5 Å². The Kier molecular flexibility index (Phi) is 13.0. The van der Waals surface area contributed by atoms with Gasteiger partial charge in [-0.2, -0.15) is 0 Å². The van der Waals surface area contributed by atoms with Gasteiger partial charge >= 0.3 is 6.09 Å². The highest BCUT2D eigenvalue weighted by Gasteiger charge is 2.16. The maximum atomic E-state index is 11.6. The van der Waals surface area contributed by atoms with Crippen molar-refractivity contribution in [2.24, 2.45) is 10.9 Å². The number of hydrogen-bond donors (Lipinski definition) is 3. The van der Waals surface area contributed by atoms with Gasteiger partial charge in [-0.1, -0.05) is 6.92 Å². The van der Waals surface area contributed by atoms with Crippen LogP contribution >= 0.6 is 24.0 Å². The molecule has 0 bridgehead atoms. The van der Waals surface area contributed by atoms with E-state index in [0.717, 1.165) is 31.5 Å². The number of nitrogens with zero attached hydrogens (tertiary/aromatic N) is 2. The van der Waals surface area contributed by atoms with E-state index in [1.807, 2.05) is 27.7 Å². The first kappa shape index (κ1) is 25.2. The summed E-state index contributed by atoms with van der Waals surface area (Å²) in [5.41, 5.74) is -0.472. The van der Waals surface area contributed by atoms with Gasteiger partial charge in [-0.25, -0.2) is 4.79 Å². The summed E-state index contributed by atoms with van der Waals surface area (Å²) in [5, 5.41) is 9.20. The molecule has 3 N–H and O–H groups in total. The Balaban J connectivity index is 0.00000625. The minimum Gasteiger partial charge on any atom is -0.444 e. The van der Waals surface area contributed by atoms with Crippen LogP contribution in [0.15, 0.2) is 4.99 Å². The highest BCUT2D eigenvalue weighted by atomic mass is 127. The molecule has 1 saturated heterocycles. The number of guanidine groups is 1. The zero-order chi connectivity index (χ0) is 18.7. The second kappa shape index (κ2) is 13.4. The van der Waals surface area contributed by atoms with Crippen LogP contribution in [0.3, 0.4) is 0 Å². The lowest BCUT2D eigenvalue weighted by molar-refractivity contribution is 0.0529. The molecule has 154 valence electrons. The van der Waals surface area contributed by atoms with Crippen LogP contribution in [0, 0.1) is 5.92 Å². The summed E-state index contributed by atoms with van der Waals surface area (Å²) >= 11 is 0. The number of piperidine rings is 1. The van der Waals surface area contributed by atoms with Gasteiger partial charge in [0.15, 0.2) is 5.96 Å². The van der Waals surface area contributed by atoms with Crippen molar-refractivity contribution in [2.75, 3.05) is 45.8 Å². The first-order chi connectivity index (χ1) is 11.8. The molecule has 26 heavy (non-hydrogen) atoms. The smallest absolute Gasteiger partial charge is 0.407 e. The fraction of sp³-hybridized carbons (Fsp3) is 0.889. The van der Waals surface area contributed by atoms with E-state index in [1.54, 1.807) is 0 Å². The van der Waals surface area contributed by atoms with Crippen LogP contribution in [0.5, 0.6) is 0 Å². The van der Waals surface area contributed by atoms with Crippen LogP contribution in [0.4, 0.5) is 4.79 Å². The van der Waals surface area contributed by atoms with Crippen LogP contribution in [0.25, 0.3) is 0 Å². The van der Waals surface area contributed by atoms with E-state index in [1.165, 1.54) is 25.9 Å². The zero-order valence-corrected chi connectivity index (χ0v) is 19.4. The number of alkyl carbamates (subject to hydrolysis) is 1. The van der Waals surface area contributed by atoms with Crippen molar-refractivity contribution in [2.45, 2.75) is 53.1 Å². The Morgan fingerprint density at radius 1 is 1.23 bits per heavy atom. The monoisotopic (exact) mass is 483 g/mol. The molecule has 0 aromatic carbocycles. The highest BCUT2D eigenvalue weighted by molar-refractivity contribution is 14.0. The van der Waals surface area contributed by atoms with Gasteiger partial charge in [-0.05, 0) is 53.0 Å². The summed E-state index contributed by atoms with van der Waals surface area (Å²) < 4.78 is 5.20. The maximum Gasteiger partial charge on any atom is 0.407 e. The van der Waals surface area contributed by atoms with Gasteiger partial charge in [0.25, 0.3) is 0 Å². The van der Waals surface area contributed by atoms with Crippen molar-refractivity contribution in [3.8, 4) is 0 Å². The molecule has 1 heterocycles. The Morgan fingerprint density at radius 2 is 1.92 bits per heavy atom. The van der Waals surface area contributed by atoms with Gasteiger partial charge in [-0.3, -0.25) is 4.99 Å². The van der Waals surface area contributed by atoms with Crippen LogP contribution in [-0.2, 0) is 4.74 Å². The average molecular weight is 483 g/mol. The van der Waals surface area contributed by atoms with E-state index >= 15 is 0 Å². The maximum absolute atomic E-state index is 11.6. The van der Waals surface area contributed by atoms with Crippen molar-refractivity contribution in [3.05, 3.63) is 0 Å². The van der Waals surface area contributed by atoms with E-state index in [2.05, 4.69) is 32.8 Å². The molecule has 1 aliphatic heterocycles. The Hall–Kier alpha value is -0.770. The number of ether oxygens (including phenoxy) is 1. The second-order valence-electron chi connectivity index (χ2n) is 7.66. The van der Waals surface area contributed by atoms with E-state index < -0.39 is 11.7 Å². The van der Waals surface area contributed by atoms with Crippen LogP contribution in [-0.4, -0.2) is 68.4 Å². The number of aliphatic imine (C=N–C) groups is 1. The zero-order valence-electron chi connectivity index (χ0n) is 17.1. The minimum atomic E-state index is -0.472. The van der Waals surface area contributed by atoms with Crippen molar-refractivity contribution < 1.29 is 9.53 Å². The van der Waals surface area contributed by atoms with E-state index in [-0.39, 0.29) is 24.0 Å². The number of halogens is 1. The van der Waals surface area contributed by atoms with Gasteiger partial charge in [-0.15, -0.1) is 24.0 Å². The molecule has 0 saturated carbocycles. The first-order valence-electron chi connectivity index (χ1n) is 9.51. The largest absolute Gasteiger partial charge is 0.444 e. The quantitative estimate of drug-likeness (QED) is 0.225. The molecule has 0 radical (unpaired) electrons. The number of likely N-dealkylation sites (tertiary alicyclic amines) is 1. The second-order valence-corrected chi connectivity index (χ2v) is 7.66. The lowest BCUT2D eigenvalue weighted by Crippen LogP contribution is -2.43. The molecule has 1 fully saturated rings. The summed E-state index contributed by atoms with van der Waals surface area (Å²) in [6.45, 7) is 16.0. The van der Waals surface area contributed by atoms with Crippen LogP contribution < -0.4 is 16.0 Å².